The SMILES string of the molecule is CC(c1cccc(Cl)c1)N(C)C(=O)Cc1cccc2cccnc12. The van der Waals surface area contributed by atoms with Gasteiger partial charge in [-0.15, -0.1) is 0 Å². The molecule has 0 bridgehead atoms. The third-order valence-corrected chi connectivity index (χ3v) is 4.60. The number of benzene rings is 2. The van der Waals surface area contributed by atoms with Crippen molar-refractivity contribution in [3.63, 3.8) is 0 Å². The van der Waals surface area contributed by atoms with Gasteiger partial charge in [-0.25, -0.2) is 0 Å². The van der Waals surface area contributed by atoms with E-state index in [2.05, 4.69) is 4.98 Å². The molecular weight excluding hydrogens is 320 g/mol. The molecule has 0 fully saturated rings. The fraction of sp³-hybridized carbons (Fsp3) is 0.200. The number of nitrogens with zero attached hydrogens (tertiary/aromatic N) is 2. The average molecular weight is 339 g/mol. The summed E-state index contributed by atoms with van der Waals surface area (Å²) in [7, 11) is 1.83. The molecule has 1 aromatic heterocycles. The Morgan fingerprint density at radius 3 is 2.71 bits per heavy atom. The highest BCUT2D eigenvalue weighted by atomic mass is 35.5. The van der Waals surface area contributed by atoms with Gasteiger partial charge < -0.3 is 4.90 Å². The molecule has 0 aliphatic carbocycles. The van der Waals surface area contributed by atoms with Crippen molar-refractivity contribution in [3.05, 3.63) is 76.9 Å². The van der Waals surface area contributed by atoms with Gasteiger partial charge in [0.2, 0.25) is 5.91 Å². The molecule has 0 aliphatic rings. The summed E-state index contributed by atoms with van der Waals surface area (Å²) in [5.74, 6) is 0.0561. The number of aromatic nitrogens is 1. The van der Waals surface area contributed by atoms with E-state index in [0.29, 0.717) is 11.4 Å². The first-order chi connectivity index (χ1) is 11.6. The van der Waals surface area contributed by atoms with Crippen LogP contribution in [0.4, 0.5) is 0 Å². The molecule has 2 aromatic carbocycles. The second kappa shape index (κ2) is 7.02. The van der Waals surface area contributed by atoms with Gasteiger partial charge in [0.1, 0.15) is 0 Å². The fourth-order valence-corrected chi connectivity index (χ4v) is 3.00. The highest BCUT2D eigenvalue weighted by Crippen LogP contribution is 2.23. The highest BCUT2D eigenvalue weighted by Gasteiger charge is 2.18. The molecule has 0 radical (unpaired) electrons. The third kappa shape index (κ3) is 3.41. The predicted molar refractivity (Wildman–Crippen MR) is 98.1 cm³/mol. The lowest BCUT2D eigenvalue weighted by molar-refractivity contribution is -0.131. The highest BCUT2D eigenvalue weighted by molar-refractivity contribution is 6.30. The lowest BCUT2D eigenvalue weighted by Gasteiger charge is -2.25. The van der Waals surface area contributed by atoms with E-state index in [1.807, 2.05) is 68.6 Å². The van der Waals surface area contributed by atoms with Crippen LogP contribution in [0.5, 0.6) is 0 Å². The number of hydrogen-bond donors (Lipinski definition) is 0. The van der Waals surface area contributed by atoms with E-state index in [0.717, 1.165) is 22.0 Å². The molecule has 0 N–H and O–H groups in total. The summed E-state index contributed by atoms with van der Waals surface area (Å²) in [6.07, 6.45) is 2.09. The number of para-hydroxylation sites is 1. The van der Waals surface area contributed by atoms with Gasteiger partial charge in [0, 0.05) is 23.7 Å². The molecule has 3 nitrogen and oxygen atoms in total. The molecule has 1 heterocycles. The van der Waals surface area contributed by atoms with Crippen LogP contribution in [0, 0.1) is 0 Å². The lowest BCUT2D eigenvalue weighted by atomic mass is 10.0. The molecule has 0 aliphatic heterocycles. The first-order valence-electron chi connectivity index (χ1n) is 7.90. The van der Waals surface area contributed by atoms with Crippen LogP contribution in [0.3, 0.4) is 0 Å². The number of carbonyl (C=O) groups excluding carboxylic acids is 1. The van der Waals surface area contributed by atoms with Crippen molar-refractivity contribution in [1.29, 1.82) is 0 Å². The summed E-state index contributed by atoms with van der Waals surface area (Å²) in [4.78, 5) is 18.9. The molecular formula is C20H19ClN2O. The Balaban J connectivity index is 1.81. The van der Waals surface area contributed by atoms with E-state index in [4.69, 9.17) is 11.6 Å². The van der Waals surface area contributed by atoms with Gasteiger partial charge in [0.05, 0.1) is 18.0 Å². The van der Waals surface area contributed by atoms with Gasteiger partial charge in [-0.2, -0.15) is 0 Å². The Labute approximate surface area is 146 Å². The molecule has 0 spiro atoms. The zero-order valence-electron chi connectivity index (χ0n) is 13.7. The smallest absolute Gasteiger partial charge is 0.227 e. The summed E-state index contributed by atoms with van der Waals surface area (Å²) >= 11 is 6.06. The molecule has 0 saturated heterocycles. The van der Waals surface area contributed by atoms with E-state index < -0.39 is 0 Å². The summed E-state index contributed by atoms with van der Waals surface area (Å²) < 4.78 is 0. The van der Waals surface area contributed by atoms with Crippen molar-refractivity contribution in [2.75, 3.05) is 7.05 Å². The van der Waals surface area contributed by atoms with E-state index in [9.17, 15) is 4.79 Å². The largest absolute Gasteiger partial charge is 0.339 e. The maximum atomic E-state index is 12.7. The molecule has 4 heteroatoms. The molecule has 0 saturated carbocycles. The third-order valence-electron chi connectivity index (χ3n) is 4.36. The van der Waals surface area contributed by atoms with Crippen molar-refractivity contribution in [1.82, 2.24) is 9.88 Å². The standard InChI is InChI=1S/C20H19ClN2O/c1-14(16-7-4-10-18(21)12-16)23(2)19(24)13-17-8-3-6-15-9-5-11-22-20(15)17/h3-12,14H,13H2,1-2H3. The minimum atomic E-state index is -0.0425. The Morgan fingerprint density at radius 1 is 1.17 bits per heavy atom. The summed E-state index contributed by atoms with van der Waals surface area (Å²) in [5, 5.41) is 1.73. The van der Waals surface area contributed by atoms with Gasteiger partial charge in [0.25, 0.3) is 0 Å². The van der Waals surface area contributed by atoms with Gasteiger partial charge >= 0.3 is 0 Å². The number of rotatable bonds is 4. The van der Waals surface area contributed by atoms with Crippen LogP contribution in [0.2, 0.25) is 5.02 Å². The Kier molecular flexibility index (Phi) is 4.81. The monoisotopic (exact) mass is 338 g/mol. The first kappa shape index (κ1) is 16.5. The Hall–Kier alpha value is -2.39. The minimum Gasteiger partial charge on any atom is -0.339 e. The quantitative estimate of drug-likeness (QED) is 0.693. The number of carbonyl (C=O) groups is 1. The Morgan fingerprint density at radius 2 is 1.92 bits per heavy atom. The topological polar surface area (TPSA) is 33.2 Å². The van der Waals surface area contributed by atoms with Crippen molar-refractivity contribution in [3.8, 4) is 0 Å². The second-order valence-electron chi connectivity index (χ2n) is 5.90. The number of pyridine rings is 1. The summed E-state index contributed by atoms with van der Waals surface area (Å²) in [6.45, 7) is 2.00. The summed E-state index contributed by atoms with van der Waals surface area (Å²) in [5.41, 5.74) is 2.86. The number of amides is 1. The van der Waals surface area contributed by atoms with Crippen molar-refractivity contribution in [2.24, 2.45) is 0 Å². The Bertz CT molecular complexity index is 873. The van der Waals surface area contributed by atoms with Crippen LogP contribution in [0.15, 0.2) is 60.8 Å². The van der Waals surface area contributed by atoms with E-state index in [1.165, 1.54) is 0 Å². The first-order valence-corrected chi connectivity index (χ1v) is 8.28. The zero-order chi connectivity index (χ0) is 17.1. The molecule has 3 aromatic rings. The van der Waals surface area contributed by atoms with E-state index in [1.54, 1.807) is 11.1 Å². The summed E-state index contributed by atoms with van der Waals surface area (Å²) in [6, 6.07) is 17.4. The van der Waals surface area contributed by atoms with Crippen LogP contribution >= 0.6 is 11.6 Å². The van der Waals surface area contributed by atoms with E-state index in [-0.39, 0.29) is 11.9 Å². The molecule has 24 heavy (non-hydrogen) atoms. The predicted octanol–water partition coefficient (Wildman–Crippen LogP) is 4.65. The average Bonchev–Trinajstić information content (AvgIpc) is 2.60. The maximum Gasteiger partial charge on any atom is 0.227 e. The van der Waals surface area contributed by atoms with Crippen LogP contribution < -0.4 is 0 Å². The molecule has 1 atom stereocenters. The van der Waals surface area contributed by atoms with Crippen molar-refractivity contribution in [2.45, 2.75) is 19.4 Å². The van der Waals surface area contributed by atoms with Crippen molar-refractivity contribution >= 4 is 28.4 Å². The maximum absolute atomic E-state index is 12.7. The van der Waals surface area contributed by atoms with Gasteiger partial charge in [-0.05, 0) is 36.2 Å². The molecule has 1 amide bonds. The fourth-order valence-electron chi connectivity index (χ4n) is 2.80. The molecule has 122 valence electrons. The lowest BCUT2D eigenvalue weighted by Crippen LogP contribution is -2.31. The number of likely N-dealkylation sites (N-methyl/N-ethyl adjacent to an activating group) is 1. The number of hydrogen-bond acceptors (Lipinski definition) is 2. The minimum absolute atomic E-state index is 0.0425. The van der Waals surface area contributed by atoms with E-state index >= 15 is 0 Å². The van der Waals surface area contributed by atoms with Crippen LogP contribution in [-0.2, 0) is 11.2 Å². The van der Waals surface area contributed by atoms with Crippen LogP contribution in [0.1, 0.15) is 24.1 Å². The normalized spacial score (nSPS) is 12.1. The zero-order valence-corrected chi connectivity index (χ0v) is 14.5. The second-order valence-corrected chi connectivity index (χ2v) is 6.34. The van der Waals surface area contributed by atoms with Crippen molar-refractivity contribution < 1.29 is 4.79 Å². The number of halogens is 1. The van der Waals surface area contributed by atoms with Crippen LogP contribution in [0.25, 0.3) is 10.9 Å². The number of fused-ring (bicyclic) bond motifs is 1. The van der Waals surface area contributed by atoms with Gasteiger partial charge in [-0.3, -0.25) is 9.78 Å². The molecule has 3 rings (SSSR count). The van der Waals surface area contributed by atoms with Gasteiger partial charge in [-0.1, -0.05) is 48.0 Å². The van der Waals surface area contributed by atoms with Crippen LogP contribution in [-0.4, -0.2) is 22.8 Å². The van der Waals surface area contributed by atoms with Gasteiger partial charge in [0.15, 0.2) is 0 Å². The molecule has 1 unspecified atom stereocenters.